The van der Waals surface area contributed by atoms with Crippen LogP contribution in [-0.2, 0) is 0 Å². The Morgan fingerprint density at radius 1 is 1.47 bits per heavy atom. The molecule has 0 aliphatic heterocycles. The topological polar surface area (TPSA) is 54.7 Å². The molecular weight excluding hydrogens is 309 g/mol. The van der Waals surface area contributed by atoms with Crippen LogP contribution in [0.2, 0.25) is 0 Å². The van der Waals surface area contributed by atoms with E-state index in [1.54, 1.807) is 18.3 Å². The predicted octanol–water partition coefficient (Wildman–Crippen LogP) is 4.17. The number of H-pyrrole nitrogens is 1. The van der Waals surface area contributed by atoms with Crippen LogP contribution in [0.15, 0.2) is 28.9 Å². The number of imidazole rings is 1. The molecule has 1 aromatic carbocycles. The van der Waals surface area contributed by atoms with Crippen LogP contribution in [0.5, 0.6) is 0 Å². The molecule has 0 bridgehead atoms. The molecule has 2 rings (SSSR count). The Balaban J connectivity index is 2.20. The maximum atomic E-state index is 13.8. The van der Waals surface area contributed by atoms with Gasteiger partial charge in [-0.2, -0.15) is 0 Å². The predicted molar refractivity (Wildman–Crippen MR) is 78.1 cm³/mol. The molecule has 0 saturated carbocycles. The molecule has 0 saturated heterocycles. The molecule has 102 valence electrons. The van der Waals surface area contributed by atoms with Crippen LogP contribution in [0.4, 0.5) is 4.39 Å². The highest BCUT2D eigenvalue weighted by molar-refractivity contribution is 9.10. The molecule has 3 nitrogen and oxygen atoms in total. The average Bonchev–Trinajstić information content (AvgIpc) is 2.85. The van der Waals surface area contributed by atoms with E-state index in [9.17, 15) is 4.39 Å². The second-order valence-electron chi connectivity index (χ2n) is 4.56. The Kier molecular flexibility index (Phi) is 4.71. The summed E-state index contributed by atoms with van der Waals surface area (Å²) in [5.74, 6) is 0.428. The van der Waals surface area contributed by atoms with Crippen molar-refractivity contribution >= 4 is 15.9 Å². The van der Waals surface area contributed by atoms with Crippen molar-refractivity contribution in [2.75, 3.05) is 0 Å². The van der Waals surface area contributed by atoms with Crippen LogP contribution in [0.25, 0.3) is 11.3 Å². The summed E-state index contributed by atoms with van der Waals surface area (Å²) in [4.78, 5) is 7.36. The lowest BCUT2D eigenvalue weighted by atomic mass is 10.1. The fourth-order valence-corrected chi connectivity index (χ4v) is 2.26. The summed E-state index contributed by atoms with van der Waals surface area (Å²) < 4.78 is 14.6. The van der Waals surface area contributed by atoms with Crippen LogP contribution in [-0.4, -0.2) is 9.97 Å². The second kappa shape index (κ2) is 6.30. The molecule has 0 fully saturated rings. The van der Waals surface area contributed by atoms with E-state index in [1.807, 2.05) is 0 Å². The number of aromatic nitrogens is 2. The lowest BCUT2D eigenvalue weighted by molar-refractivity contribution is 0.580. The molecule has 3 N–H and O–H groups in total. The third-order valence-electron chi connectivity index (χ3n) is 3.04. The molecule has 5 heteroatoms. The maximum Gasteiger partial charge on any atom is 0.133 e. The van der Waals surface area contributed by atoms with Crippen LogP contribution in [0.3, 0.4) is 0 Å². The first-order valence-corrected chi connectivity index (χ1v) is 7.17. The van der Waals surface area contributed by atoms with Crippen LogP contribution in [0, 0.1) is 5.82 Å². The van der Waals surface area contributed by atoms with Gasteiger partial charge in [0.1, 0.15) is 11.6 Å². The van der Waals surface area contributed by atoms with E-state index in [-0.39, 0.29) is 11.9 Å². The van der Waals surface area contributed by atoms with Crippen molar-refractivity contribution in [2.45, 2.75) is 32.2 Å². The van der Waals surface area contributed by atoms with Crippen molar-refractivity contribution in [1.29, 1.82) is 0 Å². The lowest BCUT2D eigenvalue weighted by Gasteiger charge is -2.07. The lowest BCUT2D eigenvalue weighted by Crippen LogP contribution is -2.11. The quantitative estimate of drug-likeness (QED) is 0.866. The van der Waals surface area contributed by atoms with Crippen molar-refractivity contribution in [3.05, 3.63) is 40.5 Å². The Bertz CT molecular complexity index is 553. The molecule has 0 radical (unpaired) electrons. The van der Waals surface area contributed by atoms with Crippen LogP contribution < -0.4 is 5.73 Å². The van der Waals surface area contributed by atoms with Gasteiger partial charge in [-0.1, -0.05) is 35.7 Å². The van der Waals surface area contributed by atoms with Gasteiger partial charge in [-0.3, -0.25) is 0 Å². The highest BCUT2D eigenvalue weighted by Crippen LogP contribution is 2.25. The van der Waals surface area contributed by atoms with Gasteiger partial charge in [0, 0.05) is 10.0 Å². The van der Waals surface area contributed by atoms with Crippen molar-refractivity contribution in [2.24, 2.45) is 5.73 Å². The van der Waals surface area contributed by atoms with E-state index in [1.165, 1.54) is 6.07 Å². The minimum absolute atomic E-state index is 0.118. The zero-order valence-corrected chi connectivity index (χ0v) is 12.4. The Hall–Kier alpha value is -1.20. The van der Waals surface area contributed by atoms with Crippen molar-refractivity contribution in [3.8, 4) is 11.3 Å². The van der Waals surface area contributed by atoms with Gasteiger partial charge in [0.05, 0.1) is 17.9 Å². The van der Waals surface area contributed by atoms with Gasteiger partial charge in [0.25, 0.3) is 0 Å². The summed E-state index contributed by atoms with van der Waals surface area (Å²) >= 11 is 3.24. The molecule has 0 aliphatic rings. The number of unbranched alkanes of at least 4 members (excludes halogenated alkanes) is 1. The number of rotatable bonds is 5. The van der Waals surface area contributed by atoms with E-state index < -0.39 is 0 Å². The minimum atomic E-state index is -0.285. The SMILES string of the molecule is CCCCC(N)c1ncc(-c2ccc(Br)cc2F)[nH]1. The van der Waals surface area contributed by atoms with E-state index in [0.717, 1.165) is 19.3 Å². The van der Waals surface area contributed by atoms with Crippen molar-refractivity contribution in [1.82, 2.24) is 9.97 Å². The molecule has 1 unspecified atom stereocenters. The molecule has 0 aliphatic carbocycles. The second-order valence-corrected chi connectivity index (χ2v) is 5.47. The normalized spacial score (nSPS) is 12.6. The van der Waals surface area contributed by atoms with Gasteiger partial charge >= 0.3 is 0 Å². The fraction of sp³-hybridized carbons (Fsp3) is 0.357. The van der Waals surface area contributed by atoms with E-state index in [0.29, 0.717) is 21.6 Å². The number of nitrogens with zero attached hydrogens (tertiary/aromatic N) is 1. The van der Waals surface area contributed by atoms with Crippen molar-refractivity contribution in [3.63, 3.8) is 0 Å². The smallest absolute Gasteiger partial charge is 0.133 e. The monoisotopic (exact) mass is 325 g/mol. The molecule has 1 aromatic heterocycles. The van der Waals surface area contributed by atoms with Gasteiger partial charge in [0.2, 0.25) is 0 Å². The Labute approximate surface area is 120 Å². The molecule has 0 amide bonds. The number of hydrogen-bond donors (Lipinski definition) is 2. The standard InChI is InChI=1S/C14H17BrFN3/c1-2-3-4-12(17)14-18-8-13(19-14)10-6-5-9(15)7-11(10)16/h5-8,12H,2-4,17H2,1H3,(H,18,19). The Morgan fingerprint density at radius 3 is 2.95 bits per heavy atom. The zero-order valence-electron chi connectivity index (χ0n) is 10.8. The first-order valence-electron chi connectivity index (χ1n) is 6.37. The summed E-state index contributed by atoms with van der Waals surface area (Å²) in [7, 11) is 0. The van der Waals surface area contributed by atoms with Gasteiger partial charge in [-0.15, -0.1) is 0 Å². The van der Waals surface area contributed by atoms with Gasteiger partial charge < -0.3 is 10.7 Å². The first-order chi connectivity index (χ1) is 9.11. The number of nitrogens with one attached hydrogen (secondary N) is 1. The highest BCUT2D eigenvalue weighted by atomic mass is 79.9. The van der Waals surface area contributed by atoms with Crippen LogP contribution in [0.1, 0.15) is 38.1 Å². The average molecular weight is 326 g/mol. The first kappa shape index (κ1) is 14.2. The molecule has 1 heterocycles. The molecule has 19 heavy (non-hydrogen) atoms. The molecule has 1 atom stereocenters. The molecule has 2 aromatic rings. The van der Waals surface area contributed by atoms with Gasteiger partial charge in [-0.25, -0.2) is 9.37 Å². The summed E-state index contributed by atoms with van der Waals surface area (Å²) in [6, 6.07) is 4.84. The number of halogens is 2. The third kappa shape index (κ3) is 3.42. The van der Waals surface area contributed by atoms with Gasteiger partial charge in [0.15, 0.2) is 0 Å². The fourth-order valence-electron chi connectivity index (χ4n) is 1.93. The highest BCUT2D eigenvalue weighted by Gasteiger charge is 2.13. The van der Waals surface area contributed by atoms with E-state index >= 15 is 0 Å². The number of hydrogen-bond acceptors (Lipinski definition) is 2. The van der Waals surface area contributed by atoms with Crippen molar-refractivity contribution < 1.29 is 4.39 Å². The summed E-state index contributed by atoms with van der Waals surface area (Å²) in [5.41, 5.74) is 7.20. The molecule has 0 spiro atoms. The minimum Gasteiger partial charge on any atom is -0.341 e. The summed E-state index contributed by atoms with van der Waals surface area (Å²) in [6.45, 7) is 2.12. The zero-order chi connectivity index (χ0) is 13.8. The number of nitrogens with two attached hydrogens (primary N) is 1. The van der Waals surface area contributed by atoms with E-state index in [2.05, 4.69) is 32.8 Å². The Morgan fingerprint density at radius 2 is 2.26 bits per heavy atom. The summed E-state index contributed by atoms with van der Waals surface area (Å²) in [6.07, 6.45) is 4.67. The third-order valence-corrected chi connectivity index (χ3v) is 3.53. The van der Waals surface area contributed by atoms with Gasteiger partial charge in [-0.05, 0) is 24.6 Å². The summed E-state index contributed by atoms with van der Waals surface area (Å²) in [5, 5.41) is 0. The number of aromatic amines is 1. The molecular formula is C14H17BrFN3. The number of benzene rings is 1. The maximum absolute atomic E-state index is 13.8. The van der Waals surface area contributed by atoms with Crippen LogP contribution >= 0.6 is 15.9 Å². The largest absolute Gasteiger partial charge is 0.341 e. The van der Waals surface area contributed by atoms with E-state index in [4.69, 9.17) is 5.73 Å².